The Morgan fingerprint density at radius 2 is 1.79 bits per heavy atom. The van der Waals surface area contributed by atoms with Gasteiger partial charge in [0.15, 0.2) is 0 Å². The molecule has 1 N–H and O–H groups in total. The summed E-state index contributed by atoms with van der Waals surface area (Å²) in [6.45, 7) is 2.76. The number of fused-ring (bicyclic) bond motifs is 1. The van der Waals surface area contributed by atoms with Crippen LogP contribution in [0.2, 0.25) is 0 Å². The molecule has 0 bridgehead atoms. The minimum atomic E-state index is -5.08. The van der Waals surface area contributed by atoms with Gasteiger partial charge in [-0.1, -0.05) is 29.8 Å². The van der Waals surface area contributed by atoms with Crippen molar-refractivity contribution in [1.29, 1.82) is 0 Å². The molecule has 1 aromatic heterocycles. The maximum atomic E-state index is 12.9. The molecule has 7 nitrogen and oxygen atoms in total. The number of piperidine rings is 1. The lowest BCUT2D eigenvalue weighted by molar-refractivity contribution is -0.192. The second-order valence-electron chi connectivity index (χ2n) is 7.99. The summed E-state index contributed by atoms with van der Waals surface area (Å²) >= 11 is 0. The van der Waals surface area contributed by atoms with Gasteiger partial charge in [0.05, 0.1) is 30.4 Å². The third-order valence-corrected chi connectivity index (χ3v) is 5.73. The second kappa shape index (κ2) is 10.0. The number of aromatic nitrogens is 1. The maximum Gasteiger partial charge on any atom is 0.490 e. The lowest BCUT2D eigenvalue weighted by Gasteiger charge is -2.39. The molecule has 10 heteroatoms. The van der Waals surface area contributed by atoms with Gasteiger partial charge in [0.25, 0.3) is 0 Å². The molecular formula is C23H24F3N3O4. The summed E-state index contributed by atoms with van der Waals surface area (Å²) in [6, 6.07) is 12.1. The van der Waals surface area contributed by atoms with E-state index in [1.165, 1.54) is 5.56 Å². The quantitative estimate of drug-likeness (QED) is 0.754. The van der Waals surface area contributed by atoms with Crippen molar-refractivity contribution in [3.63, 3.8) is 0 Å². The number of hydrogen-bond acceptors (Lipinski definition) is 4. The number of nitrogens with zero attached hydrogens (tertiary/aromatic N) is 3. The van der Waals surface area contributed by atoms with Gasteiger partial charge in [0.2, 0.25) is 11.8 Å². The highest BCUT2D eigenvalue weighted by molar-refractivity contribution is 5.95. The lowest BCUT2D eigenvalue weighted by atomic mass is 9.95. The van der Waals surface area contributed by atoms with Gasteiger partial charge in [0.1, 0.15) is 0 Å². The monoisotopic (exact) mass is 463 g/mol. The van der Waals surface area contributed by atoms with Crippen molar-refractivity contribution in [3.8, 4) is 0 Å². The van der Waals surface area contributed by atoms with Crippen LogP contribution in [0.15, 0.2) is 48.8 Å². The Labute approximate surface area is 188 Å². The molecule has 2 aliphatic rings. The lowest BCUT2D eigenvalue weighted by Crippen LogP contribution is -2.53. The van der Waals surface area contributed by atoms with Crippen LogP contribution in [0.25, 0.3) is 0 Å². The standard InChI is InChI=1S/C21H23N3O2.C2HF3O2/c1-15-4-6-16(7-5-15)13-21(26)23-12-10-19-18(23)8-9-20(25)24(19)17-3-2-11-22-14-17;3-2(4,5)1(6)7/h2-7,11,14,18-19H,8-10,12-13H2,1H3;(H,6,7)/t18-,19-;/m0./s1. The van der Waals surface area contributed by atoms with Crippen LogP contribution in [0.5, 0.6) is 0 Å². The van der Waals surface area contributed by atoms with Gasteiger partial charge in [0, 0.05) is 19.2 Å². The number of carbonyl (C=O) groups excluding carboxylic acids is 2. The van der Waals surface area contributed by atoms with Crippen molar-refractivity contribution >= 4 is 23.5 Å². The van der Waals surface area contributed by atoms with E-state index in [0.717, 1.165) is 24.1 Å². The number of pyridine rings is 1. The van der Waals surface area contributed by atoms with Crippen LogP contribution in [0.1, 0.15) is 30.4 Å². The molecule has 0 radical (unpaired) electrons. The fourth-order valence-corrected chi connectivity index (χ4v) is 4.19. The Balaban J connectivity index is 0.000000383. The Morgan fingerprint density at radius 3 is 2.36 bits per heavy atom. The smallest absolute Gasteiger partial charge is 0.475 e. The summed E-state index contributed by atoms with van der Waals surface area (Å²) in [6.07, 6.45) is 0.831. The van der Waals surface area contributed by atoms with Crippen molar-refractivity contribution in [2.45, 2.75) is 50.9 Å². The highest BCUT2D eigenvalue weighted by atomic mass is 19.4. The molecule has 3 heterocycles. The minimum Gasteiger partial charge on any atom is -0.475 e. The molecule has 2 aliphatic heterocycles. The Kier molecular flexibility index (Phi) is 7.35. The zero-order chi connectivity index (χ0) is 24.2. The Hall–Kier alpha value is -3.43. The van der Waals surface area contributed by atoms with E-state index in [1.54, 1.807) is 12.4 Å². The van der Waals surface area contributed by atoms with E-state index in [-0.39, 0.29) is 23.9 Å². The Bertz CT molecular complexity index is 996. The molecule has 0 aliphatic carbocycles. The van der Waals surface area contributed by atoms with Gasteiger partial charge in [-0.05, 0) is 37.5 Å². The van der Waals surface area contributed by atoms with Crippen LogP contribution in [-0.2, 0) is 20.8 Å². The van der Waals surface area contributed by atoms with E-state index >= 15 is 0 Å². The third kappa shape index (κ3) is 5.88. The molecule has 2 saturated heterocycles. The van der Waals surface area contributed by atoms with Gasteiger partial charge in [-0.3, -0.25) is 14.6 Å². The normalized spacial score (nSPS) is 20.1. The number of carbonyl (C=O) groups is 3. The van der Waals surface area contributed by atoms with Crippen LogP contribution in [-0.4, -0.2) is 57.6 Å². The van der Waals surface area contributed by atoms with Gasteiger partial charge in [-0.15, -0.1) is 0 Å². The van der Waals surface area contributed by atoms with Crippen molar-refractivity contribution in [1.82, 2.24) is 9.88 Å². The first-order chi connectivity index (χ1) is 15.6. The van der Waals surface area contributed by atoms with Gasteiger partial charge >= 0.3 is 12.1 Å². The minimum absolute atomic E-state index is 0.0578. The molecule has 2 aromatic rings. The number of aliphatic carboxylic acids is 1. The van der Waals surface area contributed by atoms with Crippen molar-refractivity contribution in [3.05, 3.63) is 59.9 Å². The van der Waals surface area contributed by atoms with Crippen LogP contribution in [0, 0.1) is 6.92 Å². The fourth-order valence-electron chi connectivity index (χ4n) is 4.19. The fraction of sp³-hybridized carbons (Fsp3) is 0.391. The number of hydrogen-bond donors (Lipinski definition) is 1. The topological polar surface area (TPSA) is 90.8 Å². The van der Waals surface area contributed by atoms with Crippen molar-refractivity contribution < 1.29 is 32.7 Å². The SMILES string of the molecule is Cc1ccc(CC(=O)N2CC[C@H]3[C@@H]2CCC(=O)N3c2cccnc2)cc1.O=C(O)C(F)(F)F. The number of anilines is 1. The van der Waals surface area contributed by atoms with E-state index in [1.807, 2.05) is 53.1 Å². The maximum absolute atomic E-state index is 12.9. The first kappa shape index (κ1) is 24.2. The van der Waals surface area contributed by atoms with Crippen LogP contribution < -0.4 is 4.90 Å². The first-order valence-corrected chi connectivity index (χ1v) is 10.4. The molecule has 1 aromatic carbocycles. The molecule has 176 valence electrons. The molecule has 4 rings (SSSR count). The molecule has 0 unspecified atom stereocenters. The predicted molar refractivity (Wildman–Crippen MR) is 113 cm³/mol. The predicted octanol–water partition coefficient (Wildman–Crippen LogP) is 3.36. The van der Waals surface area contributed by atoms with Gasteiger partial charge in [-0.2, -0.15) is 13.2 Å². The van der Waals surface area contributed by atoms with E-state index in [2.05, 4.69) is 4.98 Å². The molecule has 2 fully saturated rings. The average molecular weight is 463 g/mol. The van der Waals surface area contributed by atoms with E-state index in [9.17, 15) is 22.8 Å². The molecule has 2 amide bonds. The number of aryl methyl sites for hydroxylation is 1. The van der Waals surface area contributed by atoms with Crippen molar-refractivity contribution in [2.24, 2.45) is 0 Å². The summed E-state index contributed by atoms with van der Waals surface area (Å²) in [5.74, 6) is -2.47. The summed E-state index contributed by atoms with van der Waals surface area (Å²) in [4.78, 5) is 42.3. The molecule has 2 atom stereocenters. The Morgan fingerprint density at radius 1 is 1.12 bits per heavy atom. The number of carboxylic acid groups (broad SMARTS) is 1. The van der Waals surface area contributed by atoms with E-state index in [4.69, 9.17) is 9.90 Å². The first-order valence-electron chi connectivity index (χ1n) is 10.4. The molecule has 33 heavy (non-hydrogen) atoms. The zero-order valence-corrected chi connectivity index (χ0v) is 18.0. The number of rotatable bonds is 3. The van der Waals surface area contributed by atoms with E-state index < -0.39 is 12.1 Å². The van der Waals surface area contributed by atoms with E-state index in [0.29, 0.717) is 19.4 Å². The summed E-state index contributed by atoms with van der Waals surface area (Å²) < 4.78 is 31.7. The van der Waals surface area contributed by atoms with Gasteiger partial charge in [-0.25, -0.2) is 4.79 Å². The van der Waals surface area contributed by atoms with Crippen LogP contribution >= 0.6 is 0 Å². The summed E-state index contributed by atoms with van der Waals surface area (Å²) in [5, 5.41) is 7.12. The summed E-state index contributed by atoms with van der Waals surface area (Å²) in [5.41, 5.74) is 3.07. The zero-order valence-electron chi connectivity index (χ0n) is 18.0. The highest BCUT2D eigenvalue weighted by Crippen LogP contribution is 2.34. The van der Waals surface area contributed by atoms with Crippen molar-refractivity contribution in [2.75, 3.05) is 11.4 Å². The number of alkyl halides is 3. The molecular weight excluding hydrogens is 439 g/mol. The number of benzene rings is 1. The molecule has 0 saturated carbocycles. The number of halogens is 3. The highest BCUT2D eigenvalue weighted by Gasteiger charge is 2.45. The number of amides is 2. The van der Waals surface area contributed by atoms with Gasteiger partial charge < -0.3 is 14.9 Å². The second-order valence-corrected chi connectivity index (χ2v) is 7.99. The third-order valence-electron chi connectivity index (χ3n) is 5.73. The largest absolute Gasteiger partial charge is 0.490 e. The average Bonchev–Trinajstić information content (AvgIpc) is 3.20. The molecule has 0 spiro atoms. The van der Waals surface area contributed by atoms with Crippen LogP contribution in [0.4, 0.5) is 18.9 Å². The number of carboxylic acids is 1. The summed E-state index contributed by atoms with van der Waals surface area (Å²) in [7, 11) is 0. The number of likely N-dealkylation sites (tertiary alicyclic amines) is 1. The van der Waals surface area contributed by atoms with Crippen LogP contribution in [0.3, 0.4) is 0 Å².